The highest BCUT2D eigenvalue weighted by Crippen LogP contribution is 2.22. The Morgan fingerprint density at radius 2 is 2.00 bits per heavy atom. The van der Waals surface area contributed by atoms with Crippen LogP contribution in [0.15, 0.2) is 24.3 Å². The lowest BCUT2D eigenvalue weighted by atomic mass is 9.98. The van der Waals surface area contributed by atoms with Crippen LogP contribution >= 0.6 is 0 Å². The first-order valence-electron chi connectivity index (χ1n) is 7.37. The van der Waals surface area contributed by atoms with E-state index in [0.29, 0.717) is 18.7 Å². The highest BCUT2D eigenvalue weighted by atomic mass is 16.5. The van der Waals surface area contributed by atoms with Crippen LogP contribution in [0, 0.1) is 0 Å². The van der Waals surface area contributed by atoms with Gasteiger partial charge in [0.05, 0.1) is 6.10 Å². The van der Waals surface area contributed by atoms with Crippen LogP contribution in [-0.4, -0.2) is 51.3 Å². The van der Waals surface area contributed by atoms with Crippen molar-refractivity contribution in [1.29, 1.82) is 0 Å². The molecule has 1 aromatic rings. The molecule has 4 nitrogen and oxygen atoms in total. The second-order valence-corrected chi connectivity index (χ2v) is 5.80. The Hall–Kier alpha value is -1.10. The summed E-state index contributed by atoms with van der Waals surface area (Å²) in [6.07, 6.45) is 2.52. The maximum absolute atomic E-state index is 5.92. The Bertz CT molecular complexity index is 405. The molecule has 2 atom stereocenters. The predicted octanol–water partition coefficient (Wildman–Crippen LogP) is 1.69. The number of ether oxygens (including phenoxy) is 1. The first-order valence-corrected chi connectivity index (χ1v) is 7.37. The number of benzene rings is 1. The zero-order valence-corrected chi connectivity index (χ0v) is 12.9. The third-order valence-corrected chi connectivity index (χ3v) is 4.23. The average Bonchev–Trinajstić information content (AvgIpc) is 2.48. The van der Waals surface area contributed by atoms with Crippen molar-refractivity contribution in [2.75, 3.05) is 39.2 Å². The minimum absolute atomic E-state index is 0.371. The van der Waals surface area contributed by atoms with Gasteiger partial charge in [0.1, 0.15) is 0 Å². The minimum atomic E-state index is 0.371. The standard InChI is InChI=1S/C16H27N3O/c1-18(2)14-6-4-13(5-7-14)12-19-9-8-16(20-3)10-15(19)11-17/h4-7,15-16H,8-12,17H2,1-3H3. The van der Waals surface area contributed by atoms with Crippen LogP contribution in [0.5, 0.6) is 0 Å². The molecule has 0 radical (unpaired) electrons. The van der Waals surface area contributed by atoms with E-state index in [-0.39, 0.29) is 0 Å². The molecule has 1 aliphatic rings. The first-order chi connectivity index (χ1) is 9.63. The fraction of sp³-hybridized carbons (Fsp3) is 0.625. The van der Waals surface area contributed by atoms with Crippen LogP contribution in [0.1, 0.15) is 18.4 Å². The molecule has 0 spiro atoms. The molecule has 0 bridgehead atoms. The number of nitrogens with zero attached hydrogens (tertiary/aromatic N) is 2. The summed E-state index contributed by atoms with van der Waals surface area (Å²) in [5.74, 6) is 0. The lowest BCUT2D eigenvalue weighted by Crippen LogP contribution is -2.47. The molecule has 1 heterocycles. The van der Waals surface area contributed by atoms with Crippen molar-refractivity contribution in [3.63, 3.8) is 0 Å². The van der Waals surface area contributed by atoms with Gasteiger partial charge in [0.15, 0.2) is 0 Å². The Morgan fingerprint density at radius 3 is 2.55 bits per heavy atom. The number of hydrogen-bond acceptors (Lipinski definition) is 4. The molecule has 0 aliphatic carbocycles. The number of nitrogens with two attached hydrogens (primary N) is 1. The molecular formula is C16H27N3O. The van der Waals surface area contributed by atoms with Crippen molar-refractivity contribution in [1.82, 2.24) is 4.90 Å². The van der Waals surface area contributed by atoms with Gasteiger partial charge in [0.2, 0.25) is 0 Å². The van der Waals surface area contributed by atoms with E-state index in [1.165, 1.54) is 11.3 Å². The Balaban J connectivity index is 1.98. The van der Waals surface area contributed by atoms with Crippen LogP contribution in [0.2, 0.25) is 0 Å². The van der Waals surface area contributed by atoms with Crippen molar-refractivity contribution in [2.24, 2.45) is 5.73 Å². The summed E-state index contributed by atoms with van der Waals surface area (Å²) in [7, 11) is 5.93. The van der Waals surface area contributed by atoms with Crippen molar-refractivity contribution in [3.05, 3.63) is 29.8 Å². The SMILES string of the molecule is COC1CCN(Cc2ccc(N(C)C)cc2)C(CN)C1. The van der Waals surface area contributed by atoms with Crippen LogP contribution in [0.25, 0.3) is 0 Å². The van der Waals surface area contributed by atoms with Crippen LogP contribution in [-0.2, 0) is 11.3 Å². The summed E-state index contributed by atoms with van der Waals surface area (Å²) in [5.41, 5.74) is 8.51. The van der Waals surface area contributed by atoms with Crippen LogP contribution in [0.4, 0.5) is 5.69 Å². The number of piperidine rings is 1. The monoisotopic (exact) mass is 277 g/mol. The van der Waals surface area contributed by atoms with Gasteiger partial charge in [-0.1, -0.05) is 12.1 Å². The second-order valence-electron chi connectivity index (χ2n) is 5.80. The van der Waals surface area contributed by atoms with Gasteiger partial charge in [0.25, 0.3) is 0 Å². The molecule has 1 aliphatic heterocycles. The van der Waals surface area contributed by atoms with Crippen molar-refractivity contribution < 1.29 is 4.74 Å². The third kappa shape index (κ3) is 3.72. The third-order valence-electron chi connectivity index (χ3n) is 4.23. The molecular weight excluding hydrogens is 250 g/mol. The number of rotatable bonds is 5. The van der Waals surface area contributed by atoms with E-state index in [2.05, 4.69) is 48.2 Å². The number of anilines is 1. The van der Waals surface area contributed by atoms with E-state index in [1.54, 1.807) is 7.11 Å². The van der Waals surface area contributed by atoms with Crippen molar-refractivity contribution in [3.8, 4) is 0 Å². The fourth-order valence-corrected chi connectivity index (χ4v) is 2.86. The maximum Gasteiger partial charge on any atom is 0.0599 e. The topological polar surface area (TPSA) is 41.7 Å². The largest absolute Gasteiger partial charge is 0.381 e. The zero-order valence-electron chi connectivity index (χ0n) is 12.9. The molecule has 2 unspecified atom stereocenters. The number of methoxy groups -OCH3 is 1. The second kappa shape index (κ2) is 7.07. The molecule has 1 saturated heterocycles. The van der Waals surface area contributed by atoms with Gasteiger partial charge in [-0.15, -0.1) is 0 Å². The lowest BCUT2D eigenvalue weighted by molar-refractivity contribution is 0.0102. The van der Waals surface area contributed by atoms with Gasteiger partial charge >= 0.3 is 0 Å². The minimum Gasteiger partial charge on any atom is -0.381 e. The van der Waals surface area contributed by atoms with Crippen molar-refractivity contribution in [2.45, 2.75) is 31.5 Å². The summed E-state index contributed by atoms with van der Waals surface area (Å²) in [6, 6.07) is 9.21. The molecule has 0 aromatic heterocycles. The lowest BCUT2D eigenvalue weighted by Gasteiger charge is -2.38. The molecule has 0 saturated carbocycles. The van der Waals surface area contributed by atoms with Gasteiger partial charge in [-0.05, 0) is 30.5 Å². The average molecular weight is 277 g/mol. The van der Waals surface area contributed by atoms with E-state index in [1.807, 2.05) is 0 Å². The van der Waals surface area contributed by atoms with E-state index < -0.39 is 0 Å². The highest BCUT2D eigenvalue weighted by Gasteiger charge is 2.27. The summed E-state index contributed by atoms with van der Waals surface area (Å²) in [4.78, 5) is 4.61. The fourth-order valence-electron chi connectivity index (χ4n) is 2.86. The molecule has 1 fully saturated rings. The van der Waals surface area contributed by atoms with Gasteiger partial charge in [-0.3, -0.25) is 4.90 Å². The molecule has 0 amide bonds. The van der Waals surface area contributed by atoms with Gasteiger partial charge in [-0.25, -0.2) is 0 Å². The molecule has 2 N–H and O–H groups in total. The molecule has 4 heteroatoms. The first kappa shape index (κ1) is 15.3. The van der Waals surface area contributed by atoms with Crippen molar-refractivity contribution >= 4 is 5.69 Å². The summed E-state index contributed by atoms with van der Waals surface area (Å²) >= 11 is 0. The Morgan fingerprint density at radius 1 is 1.30 bits per heavy atom. The van der Waals surface area contributed by atoms with Crippen LogP contribution < -0.4 is 10.6 Å². The molecule has 112 valence electrons. The Kier molecular flexibility index (Phi) is 5.40. The normalized spacial score (nSPS) is 23.8. The summed E-state index contributed by atoms with van der Waals surface area (Å²) in [5, 5.41) is 0. The highest BCUT2D eigenvalue weighted by molar-refractivity contribution is 5.45. The maximum atomic E-state index is 5.92. The number of hydrogen-bond donors (Lipinski definition) is 1. The summed E-state index contributed by atoms with van der Waals surface area (Å²) in [6.45, 7) is 2.75. The van der Waals surface area contributed by atoms with Gasteiger partial charge in [0, 0.05) is 52.6 Å². The smallest absolute Gasteiger partial charge is 0.0599 e. The number of likely N-dealkylation sites (tertiary alicyclic amines) is 1. The van der Waals surface area contributed by atoms with Gasteiger partial charge in [-0.2, -0.15) is 0 Å². The van der Waals surface area contributed by atoms with E-state index >= 15 is 0 Å². The van der Waals surface area contributed by atoms with E-state index in [9.17, 15) is 0 Å². The van der Waals surface area contributed by atoms with Gasteiger partial charge < -0.3 is 15.4 Å². The molecule has 2 rings (SSSR count). The molecule has 20 heavy (non-hydrogen) atoms. The quantitative estimate of drug-likeness (QED) is 0.889. The Labute approximate surface area is 122 Å². The van der Waals surface area contributed by atoms with E-state index in [0.717, 1.165) is 25.9 Å². The van der Waals surface area contributed by atoms with E-state index in [4.69, 9.17) is 10.5 Å². The summed E-state index contributed by atoms with van der Waals surface area (Å²) < 4.78 is 5.48. The molecule has 1 aromatic carbocycles. The predicted molar refractivity (Wildman–Crippen MR) is 84.1 cm³/mol. The van der Waals surface area contributed by atoms with Crippen LogP contribution in [0.3, 0.4) is 0 Å². The zero-order chi connectivity index (χ0) is 14.5.